The molecule has 3 N–H and O–H groups in total. The molecule has 130 valence electrons. The average Bonchev–Trinajstić information content (AvgIpc) is 2.57. The second-order valence-corrected chi connectivity index (χ2v) is 7.50. The Balaban J connectivity index is 1.88. The van der Waals surface area contributed by atoms with Crippen molar-refractivity contribution in [3.05, 3.63) is 60.9 Å². The maximum Gasteiger partial charge on any atom is 0.259 e. The molecule has 0 bridgehead atoms. The molecule has 6 nitrogen and oxygen atoms in total. The van der Waals surface area contributed by atoms with Gasteiger partial charge in [0.2, 0.25) is 0 Å². The minimum absolute atomic E-state index is 0.00385. The Morgan fingerprint density at radius 2 is 1.88 bits per heavy atom. The molecule has 0 saturated carbocycles. The van der Waals surface area contributed by atoms with E-state index in [0.29, 0.717) is 15.6 Å². The Hall–Kier alpha value is -1.71. The predicted molar refractivity (Wildman–Crippen MR) is 106 cm³/mol. The molecule has 0 aliphatic heterocycles. The van der Waals surface area contributed by atoms with Crippen LogP contribution in [0.5, 0.6) is 5.75 Å². The lowest BCUT2D eigenvalue weighted by molar-refractivity contribution is -0.120. The van der Waals surface area contributed by atoms with Crippen molar-refractivity contribution in [1.29, 1.82) is 0 Å². The molecule has 25 heavy (non-hydrogen) atoms. The largest absolute Gasteiger partial charge is 0.506 e. The fourth-order valence-corrected chi connectivity index (χ4v) is 3.45. The molecule has 0 fully saturated rings. The highest BCUT2D eigenvalue weighted by atomic mass is 79.9. The summed E-state index contributed by atoms with van der Waals surface area (Å²) in [6, 6.07) is 10.1. The molecule has 2 aromatic rings. The molecule has 2 aromatic carbocycles. The number of phenols is 1. The molecule has 0 heterocycles. The lowest BCUT2D eigenvalue weighted by Gasteiger charge is -2.05. The van der Waals surface area contributed by atoms with Gasteiger partial charge in [0.25, 0.3) is 11.8 Å². The lowest BCUT2D eigenvalue weighted by atomic mass is 10.2. The number of phenolic OH excluding ortho intramolecular Hbond substituents is 1. The van der Waals surface area contributed by atoms with Crippen LogP contribution in [0.15, 0.2) is 54.9 Å². The SMILES string of the molecule is O=C(CNC(=O)c1cccc(Br)c1)N/N=C/c1cc(Br)cc(Br)c1O. The molecular weight excluding hydrogens is 522 g/mol. The van der Waals surface area contributed by atoms with E-state index < -0.39 is 5.91 Å². The second kappa shape index (κ2) is 9.12. The van der Waals surface area contributed by atoms with Gasteiger partial charge in [-0.05, 0) is 46.3 Å². The summed E-state index contributed by atoms with van der Waals surface area (Å²) in [5.74, 6) is -0.855. The Kier molecular flexibility index (Phi) is 7.15. The maximum atomic E-state index is 11.9. The summed E-state index contributed by atoms with van der Waals surface area (Å²) in [6.45, 7) is -0.225. The number of amides is 2. The molecule has 0 spiro atoms. The van der Waals surface area contributed by atoms with E-state index in [-0.39, 0.29) is 18.2 Å². The molecular formula is C16H12Br3N3O3. The Bertz CT molecular complexity index is 841. The minimum atomic E-state index is -0.492. The summed E-state index contributed by atoms with van der Waals surface area (Å²) in [6.07, 6.45) is 1.30. The van der Waals surface area contributed by atoms with Gasteiger partial charge in [0, 0.05) is 20.1 Å². The number of hydrogen-bond acceptors (Lipinski definition) is 4. The van der Waals surface area contributed by atoms with E-state index in [1.54, 1.807) is 36.4 Å². The van der Waals surface area contributed by atoms with Crippen LogP contribution < -0.4 is 10.7 Å². The summed E-state index contributed by atoms with van der Waals surface area (Å²) in [5, 5.41) is 16.1. The summed E-state index contributed by atoms with van der Waals surface area (Å²) in [4.78, 5) is 23.6. The fourth-order valence-electron chi connectivity index (χ4n) is 1.79. The van der Waals surface area contributed by atoms with Crippen LogP contribution in [0.25, 0.3) is 0 Å². The monoisotopic (exact) mass is 531 g/mol. The van der Waals surface area contributed by atoms with E-state index in [4.69, 9.17) is 0 Å². The van der Waals surface area contributed by atoms with Crippen molar-refractivity contribution in [2.45, 2.75) is 0 Å². The molecule has 0 aliphatic carbocycles. The first-order chi connectivity index (χ1) is 11.9. The van der Waals surface area contributed by atoms with Gasteiger partial charge in [-0.2, -0.15) is 5.10 Å². The number of halogens is 3. The zero-order valence-corrected chi connectivity index (χ0v) is 17.4. The summed E-state index contributed by atoms with van der Waals surface area (Å²) in [7, 11) is 0. The standard InChI is InChI=1S/C16H12Br3N3O3/c17-11-3-1-2-9(4-11)16(25)20-8-14(23)22-21-7-10-5-12(18)6-13(19)15(10)24/h1-7,24H,8H2,(H,20,25)(H,22,23)/b21-7+. The van der Waals surface area contributed by atoms with Crippen molar-refractivity contribution in [2.75, 3.05) is 6.54 Å². The van der Waals surface area contributed by atoms with Gasteiger partial charge in [0.05, 0.1) is 17.2 Å². The number of nitrogens with one attached hydrogen (secondary N) is 2. The number of benzene rings is 2. The smallest absolute Gasteiger partial charge is 0.259 e. The zero-order chi connectivity index (χ0) is 18.4. The van der Waals surface area contributed by atoms with Gasteiger partial charge >= 0.3 is 0 Å². The fraction of sp³-hybridized carbons (Fsp3) is 0.0625. The maximum absolute atomic E-state index is 11.9. The average molecular weight is 534 g/mol. The molecule has 2 rings (SSSR count). The van der Waals surface area contributed by atoms with Crippen molar-refractivity contribution < 1.29 is 14.7 Å². The quantitative estimate of drug-likeness (QED) is 0.405. The van der Waals surface area contributed by atoms with Crippen molar-refractivity contribution in [2.24, 2.45) is 5.10 Å². The third kappa shape index (κ3) is 5.94. The van der Waals surface area contributed by atoms with E-state index in [2.05, 4.69) is 63.6 Å². The van der Waals surface area contributed by atoms with Gasteiger partial charge < -0.3 is 10.4 Å². The first kappa shape index (κ1) is 19.6. The number of hydrazone groups is 1. The summed E-state index contributed by atoms with van der Waals surface area (Å²) in [5.41, 5.74) is 3.14. The van der Waals surface area contributed by atoms with Gasteiger partial charge in [0.1, 0.15) is 5.75 Å². The highest BCUT2D eigenvalue weighted by Gasteiger charge is 2.08. The molecule has 0 unspecified atom stereocenters. The molecule has 0 saturated heterocycles. The molecule has 9 heteroatoms. The first-order valence-corrected chi connectivity index (χ1v) is 9.28. The van der Waals surface area contributed by atoms with Gasteiger partial charge in [-0.3, -0.25) is 9.59 Å². The Morgan fingerprint density at radius 1 is 1.12 bits per heavy atom. The van der Waals surface area contributed by atoms with Crippen LogP contribution >= 0.6 is 47.8 Å². The Morgan fingerprint density at radius 3 is 2.60 bits per heavy atom. The number of nitrogens with zero attached hydrogens (tertiary/aromatic N) is 1. The number of carbonyl (C=O) groups is 2. The number of carbonyl (C=O) groups excluding carboxylic acids is 2. The highest BCUT2D eigenvalue weighted by molar-refractivity contribution is 9.11. The molecule has 0 radical (unpaired) electrons. The van der Waals surface area contributed by atoms with Crippen LogP contribution in [0, 0.1) is 0 Å². The predicted octanol–water partition coefficient (Wildman–Crippen LogP) is 3.56. The van der Waals surface area contributed by atoms with Gasteiger partial charge in [0.15, 0.2) is 0 Å². The Labute approximate surface area is 169 Å². The first-order valence-electron chi connectivity index (χ1n) is 6.90. The van der Waals surface area contributed by atoms with Crippen LogP contribution in [0.1, 0.15) is 15.9 Å². The topological polar surface area (TPSA) is 90.8 Å². The van der Waals surface area contributed by atoms with E-state index in [9.17, 15) is 14.7 Å². The number of aromatic hydroxyl groups is 1. The van der Waals surface area contributed by atoms with Crippen LogP contribution in [0.2, 0.25) is 0 Å². The van der Waals surface area contributed by atoms with Gasteiger partial charge in [-0.25, -0.2) is 5.43 Å². The minimum Gasteiger partial charge on any atom is -0.506 e. The normalized spacial score (nSPS) is 10.7. The van der Waals surface area contributed by atoms with Crippen LogP contribution in [0.4, 0.5) is 0 Å². The zero-order valence-electron chi connectivity index (χ0n) is 12.6. The lowest BCUT2D eigenvalue weighted by Crippen LogP contribution is -2.34. The highest BCUT2D eigenvalue weighted by Crippen LogP contribution is 2.30. The van der Waals surface area contributed by atoms with Crippen molar-refractivity contribution in [3.63, 3.8) is 0 Å². The van der Waals surface area contributed by atoms with Crippen molar-refractivity contribution in [3.8, 4) is 5.75 Å². The van der Waals surface area contributed by atoms with E-state index in [0.717, 1.165) is 8.95 Å². The molecule has 0 aromatic heterocycles. The summed E-state index contributed by atoms with van der Waals surface area (Å²) >= 11 is 9.78. The molecule has 0 aliphatic rings. The van der Waals surface area contributed by atoms with Crippen LogP contribution in [-0.4, -0.2) is 29.7 Å². The third-order valence-electron chi connectivity index (χ3n) is 2.95. The van der Waals surface area contributed by atoms with E-state index in [1.165, 1.54) is 6.21 Å². The third-order valence-corrected chi connectivity index (χ3v) is 4.50. The van der Waals surface area contributed by atoms with Crippen LogP contribution in [-0.2, 0) is 4.79 Å². The van der Waals surface area contributed by atoms with Gasteiger partial charge in [-0.1, -0.05) is 37.9 Å². The van der Waals surface area contributed by atoms with Crippen molar-refractivity contribution >= 4 is 65.8 Å². The summed E-state index contributed by atoms with van der Waals surface area (Å²) < 4.78 is 2.01. The molecule has 0 atom stereocenters. The van der Waals surface area contributed by atoms with E-state index >= 15 is 0 Å². The number of hydrogen-bond donors (Lipinski definition) is 3. The second-order valence-electron chi connectivity index (χ2n) is 4.81. The van der Waals surface area contributed by atoms with Gasteiger partial charge in [-0.15, -0.1) is 0 Å². The number of rotatable bonds is 5. The van der Waals surface area contributed by atoms with E-state index in [1.807, 2.05) is 0 Å². The van der Waals surface area contributed by atoms with Crippen LogP contribution in [0.3, 0.4) is 0 Å². The van der Waals surface area contributed by atoms with Crippen molar-refractivity contribution in [1.82, 2.24) is 10.7 Å². The molecule has 2 amide bonds.